The predicted octanol–water partition coefficient (Wildman–Crippen LogP) is 3.94. The van der Waals surface area contributed by atoms with E-state index in [0.717, 1.165) is 12.1 Å². The van der Waals surface area contributed by atoms with E-state index in [1.54, 1.807) is 13.8 Å². The van der Waals surface area contributed by atoms with E-state index < -0.39 is 17.7 Å². The van der Waals surface area contributed by atoms with Gasteiger partial charge in [-0.25, -0.2) is 4.79 Å². The zero-order chi connectivity index (χ0) is 17.9. The Hall–Kier alpha value is -2.57. The quantitative estimate of drug-likeness (QED) is 0.663. The number of aryl methyl sites for hydroxylation is 1. The zero-order valence-electron chi connectivity index (χ0n) is 13.2. The second-order valence-electron chi connectivity index (χ2n) is 5.24. The second-order valence-corrected chi connectivity index (χ2v) is 5.24. The van der Waals surface area contributed by atoms with Crippen molar-refractivity contribution < 1.29 is 27.5 Å². The van der Waals surface area contributed by atoms with Crippen LogP contribution in [0.1, 0.15) is 44.6 Å². The van der Waals surface area contributed by atoms with Crippen LogP contribution in [0, 0.1) is 6.92 Å². The van der Waals surface area contributed by atoms with E-state index in [1.165, 1.54) is 18.2 Å². The third-order valence-corrected chi connectivity index (χ3v) is 3.43. The lowest BCUT2D eigenvalue weighted by atomic mass is 10.0. The van der Waals surface area contributed by atoms with Crippen LogP contribution in [0.5, 0.6) is 0 Å². The summed E-state index contributed by atoms with van der Waals surface area (Å²) in [6, 6.07) is 5.99. The molecular weight excluding hydrogens is 323 g/mol. The van der Waals surface area contributed by atoms with Gasteiger partial charge < -0.3 is 9.72 Å². The van der Waals surface area contributed by atoms with Gasteiger partial charge in [-0.2, -0.15) is 13.2 Å². The molecular formula is C17H16F3NO3. The van der Waals surface area contributed by atoms with Crippen LogP contribution in [0.3, 0.4) is 0 Å². The SMILES string of the molecule is CCOC(=O)c1cc(C(=O)Cc2cccc(C(F)(F)F)c2)c(C)[nH]1. The largest absolute Gasteiger partial charge is 0.461 e. The molecule has 1 N–H and O–H groups in total. The van der Waals surface area contributed by atoms with E-state index in [0.29, 0.717) is 5.69 Å². The van der Waals surface area contributed by atoms with E-state index in [9.17, 15) is 22.8 Å². The van der Waals surface area contributed by atoms with Gasteiger partial charge in [0, 0.05) is 17.7 Å². The van der Waals surface area contributed by atoms with Crippen LogP contribution in [-0.4, -0.2) is 23.3 Å². The number of ketones is 1. The second kappa shape index (κ2) is 6.90. The number of alkyl halides is 3. The number of benzene rings is 1. The fourth-order valence-corrected chi connectivity index (χ4v) is 2.30. The molecule has 0 atom stereocenters. The molecule has 0 amide bonds. The molecule has 7 heteroatoms. The van der Waals surface area contributed by atoms with Gasteiger partial charge in [-0.1, -0.05) is 18.2 Å². The van der Waals surface area contributed by atoms with Gasteiger partial charge in [0.1, 0.15) is 5.69 Å². The summed E-state index contributed by atoms with van der Waals surface area (Å²) in [5.74, 6) is -0.961. The summed E-state index contributed by atoms with van der Waals surface area (Å²) in [6.45, 7) is 3.47. The number of rotatable bonds is 5. The summed E-state index contributed by atoms with van der Waals surface area (Å²) in [7, 11) is 0. The van der Waals surface area contributed by atoms with Crippen molar-refractivity contribution in [3.63, 3.8) is 0 Å². The smallest absolute Gasteiger partial charge is 0.416 e. The number of Topliss-reactive ketones (excluding diaryl/α,β-unsaturated/α-hetero) is 1. The van der Waals surface area contributed by atoms with Crippen molar-refractivity contribution in [3.05, 3.63) is 58.4 Å². The van der Waals surface area contributed by atoms with Crippen molar-refractivity contribution in [2.75, 3.05) is 6.61 Å². The topological polar surface area (TPSA) is 59.2 Å². The van der Waals surface area contributed by atoms with Gasteiger partial charge >= 0.3 is 12.1 Å². The molecule has 0 unspecified atom stereocenters. The minimum Gasteiger partial charge on any atom is -0.461 e. The Morgan fingerprint density at radius 1 is 1.21 bits per heavy atom. The van der Waals surface area contributed by atoms with E-state index in [2.05, 4.69) is 4.98 Å². The number of H-pyrrole nitrogens is 1. The fourth-order valence-electron chi connectivity index (χ4n) is 2.30. The van der Waals surface area contributed by atoms with Gasteiger partial charge in [0.2, 0.25) is 0 Å². The number of aromatic nitrogens is 1. The highest BCUT2D eigenvalue weighted by Gasteiger charge is 2.30. The monoisotopic (exact) mass is 339 g/mol. The van der Waals surface area contributed by atoms with Gasteiger partial charge in [-0.3, -0.25) is 4.79 Å². The minimum atomic E-state index is -4.46. The number of esters is 1. The van der Waals surface area contributed by atoms with Gasteiger partial charge in [0.05, 0.1) is 12.2 Å². The van der Waals surface area contributed by atoms with E-state index in [-0.39, 0.29) is 35.6 Å². The zero-order valence-corrected chi connectivity index (χ0v) is 13.2. The molecule has 1 aromatic heterocycles. The molecule has 0 fully saturated rings. The maximum atomic E-state index is 12.7. The molecule has 0 aliphatic carbocycles. The van der Waals surface area contributed by atoms with Crippen molar-refractivity contribution in [2.24, 2.45) is 0 Å². The Bertz CT molecular complexity index is 763. The Balaban J connectivity index is 2.20. The first-order valence-corrected chi connectivity index (χ1v) is 7.28. The molecule has 24 heavy (non-hydrogen) atoms. The number of halogens is 3. The molecule has 128 valence electrons. The lowest BCUT2D eigenvalue weighted by Gasteiger charge is -2.08. The first-order valence-electron chi connectivity index (χ1n) is 7.28. The molecule has 0 aliphatic rings. The lowest BCUT2D eigenvalue weighted by Crippen LogP contribution is -2.08. The lowest BCUT2D eigenvalue weighted by molar-refractivity contribution is -0.137. The van der Waals surface area contributed by atoms with Crippen LogP contribution in [-0.2, 0) is 17.3 Å². The third-order valence-electron chi connectivity index (χ3n) is 3.43. The highest BCUT2D eigenvalue weighted by Crippen LogP contribution is 2.29. The van der Waals surface area contributed by atoms with Crippen LogP contribution < -0.4 is 0 Å². The van der Waals surface area contributed by atoms with Crippen molar-refractivity contribution in [1.82, 2.24) is 4.98 Å². The van der Waals surface area contributed by atoms with Crippen molar-refractivity contribution in [2.45, 2.75) is 26.4 Å². The maximum Gasteiger partial charge on any atom is 0.416 e. The first kappa shape index (κ1) is 17.8. The third kappa shape index (κ3) is 4.04. The molecule has 1 heterocycles. The number of hydrogen-bond acceptors (Lipinski definition) is 3. The van der Waals surface area contributed by atoms with Crippen LogP contribution in [0.25, 0.3) is 0 Å². The molecule has 1 aromatic carbocycles. The molecule has 0 saturated carbocycles. The fraction of sp³-hybridized carbons (Fsp3) is 0.294. The number of carbonyl (C=O) groups excluding carboxylic acids is 2. The van der Waals surface area contributed by atoms with Crippen molar-refractivity contribution in [3.8, 4) is 0 Å². The molecule has 0 aliphatic heterocycles. The number of carbonyl (C=O) groups is 2. The van der Waals surface area contributed by atoms with Gasteiger partial charge in [-0.15, -0.1) is 0 Å². The maximum absolute atomic E-state index is 12.7. The summed E-state index contributed by atoms with van der Waals surface area (Å²) in [5.41, 5.74) is 0.325. The van der Waals surface area contributed by atoms with Crippen molar-refractivity contribution in [1.29, 1.82) is 0 Å². The first-order chi connectivity index (χ1) is 11.2. The summed E-state index contributed by atoms with van der Waals surface area (Å²) in [4.78, 5) is 26.7. The van der Waals surface area contributed by atoms with Crippen molar-refractivity contribution >= 4 is 11.8 Å². The number of nitrogens with one attached hydrogen (secondary N) is 1. The van der Waals surface area contributed by atoms with Crippen LogP contribution >= 0.6 is 0 Å². The molecule has 0 spiro atoms. The summed E-state index contributed by atoms with van der Waals surface area (Å²) < 4.78 is 43.0. The van der Waals surface area contributed by atoms with Crippen LogP contribution in [0.2, 0.25) is 0 Å². The van der Waals surface area contributed by atoms with Gasteiger partial charge in [0.25, 0.3) is 0 Å². The van der Waals surface area contributed by atoms with E-state index >= 15 is 0 Å². The minimum absolute atomic E-state index is 0.141. The normalized spacial score (nSPS) is 11.4. The molecule has 2 aromatic rings. The Morgan fingerprint density at radius 2 is 1.92 bits per heavy atom. The van der Waals surface area contributed by atoms with Crippen LogP contribution in [0.15, 0.2) is 30.3 Å². The Labute approximate surface area is 136 Å². The number of hydrogen-bond donors (Lipinski definition) is 1. The standard InChI is InChI=1S/C17H16F3NO3/c1-3-24-16(23)14-9-13(10(2)21-14)15(22)8-11-5-4-6-12(7-11)17(18,19)20/h4-7,9,21H,3,8H2,1-2H3. The van der Waals surface area contributed by atoms with E-state index in [4.69, 9.17) is 4.74 Å². The highest BCUT2D eigenvalue weighted by atomic mass is 19.4. The Kier molecular flexibility index (Phi) is 5.11. The van der Waals surface area contributed by atoms with Crippen LogP contribution in [0.4, 0.5) is 13.2 Å². The van der Waals surface area contributed by atoms with Gasteiger partial charge in [-0.05, 0) is 31.5 Å². The summed E-state index contributed by atoms with van der Waals surface area (Å²) >= 11 is 0. The molecule has 2 rings (SSSR count). The average molecular weight is 339 g/mol. The average Bonchev–Trinajstić information content (AvgIpc) is 2.89. The molecule has 4 nitrogen and oxygen atoms in total. The number of aromatic amines is 1. The highest BCUT2D eigenvalue weighted by molar-refractivity contribution is 6.01. The number of ether oxygens (including phenoxy) is 1. The molecule has 0 saturated heterocycles. The molecule has 0 radical (unpaired) electrons. The van der Waals surface area contributed by atoms with E-state index in [1.807, 2.05) is 0 Å². The van der Waals surface area contributed by atoms with Gasteiger partial charge in [0.15, 0.2) is 5.78 Å². The summed E-state index contributed by atoms with van der Waals surface area (Å²) in [5, 5.41) is 0. The predicted molar refractivity (Wildman–Crippen MR) is 81.0 cm³/mol. The molecule has 0 bridgehead atoms. The Morgan fingerprint density at radius 3 is 2.54 bits per heavy atom. The summed E-state index contributed by atoms with van der Waals surface area (Å²) in [6.07, 6.45) is -4.65.